The van der Waals surface area contributed by atoms with Crippen molar-refractivity contribution in [3.8, 4) is 0 Å². The van der Waals surface area contributed by atoms with Gasteiger partial charge in [0, 0.05) is 12.8 Å². The molecular weight excluding hydrogens is 517 g/mol. The first-order valence-corrected chi connectivity index (χ1v) is 11.9. The fourth-order valence-electron chi connectivity index (χ4n) is 2.94. The number of anilines is 1. The van der Waals surface area contributed by atoms with E-state index in [-0.39, 0.29) is 59.3 Å². The summed E-state index contributed by atoms with van der Waals surface area (Å²) in [5.74, 6) is -1.49. The molecule has 1 aliphatic heterocycles. The predicted octanol–water partition coefficient (Wildman–Crippen LogP) is -0.362. The van der Waals surface area contributed by atoms with Crippen LogP contribution in [0.2, 0.25) is 0 Å². The van der Waals surface area contributed by atoms with E-state index in [9.17, 15) is 24.4 Å². The molecule has 2 aromatic rings. The zero-order chi connectivity index (χ0) is 25.5. The third-order valence-corrected chi connectivity index (χ3v) is 5.39. The van der Waals surface area contributed by atoms with E-state index in [0.29, 0.717) is 24.0 Å². The van der Waals surface area contributed by atoms with Gasteiger partial charge in [-0.1, -0.05) is 13.8 Å². The summed E-state index contributed by atoms with van der Waals surface area (Å²) in [5, 5.41) is 28.7. The molecule has 2 aromatic heterocycles. The minimum atomic E-state index is -4.56. The van der Waals surface area contributed by atoms with Crippen molar-refractivity contribution >= 4 is 74.5 Å². The van der Waals surface area contributed by atoms with Crippen LogP contribution in [-0.4, -0.2) is 114 Å². The van der Waals surface area contributed by atoms with E-state index in [2.05, 4.69) is 24.0 Å². The Hall–Kier alpha value is -1.42. The van der Waals surface area contributed by atoms with E-state index in [0.717, 1.165) is 0 Å². The maximum Gasteiger partial charge on any atom is 2.00 e. The van der Waals surface area contributed by atoms with Crippen molar-refractivity contribution in [2.75, 3.05) is 12.3 Å². The number of hydrogen-bond donors (Lipinski definition) is 5. The summed E-state index contributed by atoms with van der Waals surface area (Å²) in [7, 11) is -4.56. The van der Waals surface area contributed by atoms with Gasteiger partial charge < -0.3 is 37.7 Å². The smallest absolute Gasteiger partial charge is 1.00 e. The molecule has 15 nitrogen and oxygen atoms in total. The van der Waals surface area contributed by atoms with Crippen molar-refractivity contribution < 1.29 is 51.0 Å². The molecule has 0 amide bonds. The molecule has 0 aliphatic carbocycles. The van der Waals surface area contributed by atoms with Gasteiger partial charge in [0.15, 0.2) is 17.7 Å². The summed E-state index contributed by atoms with van der Waals surface area (Å²) in [5.41, 5.74) is 6.44. The first kappa shape index (κ1) is 31.6. The van der Waals surface area contributed by atoms with Crippen LogP contribution in [0.5, 0.6) is 0 Å². The Morgan fingerprint density at radius 1 is 1.14 bits per heavy atom. The van der Waals surface area contributed by atoms with Crippen LogP contribution in [0.3, 0.4) is 0 Å². The quantitative estimate of drug-likeness (QED) is 0.210. The number of carbonyl (C=O) groups excluding carboxylic acids is 2. The van der Waals surface area contributed by atoms with Crippen molar-refractivity contribution in [1.29, 1.82) is 0 Å². The molecular formula is C18H30CaN5O10P. The summed E-state index contributed by atoms with van der Waals surface area (Å²) in [4.78, 5) is 42.6. The van der Waals surface area contributed by atoms with E-state index >= 15 is 0 Å². The van der Waals surface area contributed by atoms with Gasteiger partial charge in [0.1, 0.15) is 30.2 Å². The number of nitrogen functional groups attached to an aromatic ring is 1. The predicted molar refractivity (Wildman–Crippen MR) is 123 cm³/mol. The van der Waals surface area contributed by atoms with E-state index in [1.807, 2.05) is 0 Å². The molecule has 0 radical (unpaired) electrons. The third kappa shape index (κ3) is 8.58. The second-order valence-electron chi connectivity index (χ2n) is 7.21. The molecule has 6 N–H and O–H groups in total. The molecule has 4 atom stereocenters. The van der Waals surface area contributed by atoms with E-state index < -0.39 is 50.9 Å². The average molecular weight is 548 g/mol. The minimum absolute atomic E-state index is 0. The van der Waals surface area contributed by atoms with Crippen molar-refractivity contribution in [3.63, 3.8) is 0 Å². The number of nitrogens with zero attached hydrogens (tertiary/aromatic N) is 4. The zero-order valence-electron chi connectivity index (χ0n) is 21.3. The van der Waals surface area contributed by atoms with Crippen molar-refractivity contribution in [1.82, 2.24) is 19.5 Å². The molecule has 35 heavy (non-hydrogen) atoms. The Morgan fingerprint density at radius 3 is 2.20 bits per heavy atom. The van der Waals surface area contributed by atoms with Crippen LogP contribution in [0.15, 0.2) is 12.7 Å². The molecule has 17 heteroatoms. The van der Waals surface area contributed by atoms with Gasteiger partial charge in [-0.15, -0.1) is 0 Å². The molecule has 0 unspecified atom stereocenters. The first-order valence-electron chi connectivity index (χ1n) is 10.4. The van der Waals surface area contributed by atoms with Gasteiger partial charge in [-0.2, -0.15) is 0 Å². The van der Waals surface area contributed by atoms with Gasteiger partial charge in [0.2, 0.25) is 0 Å². The fraction of sp³-hybridized carbons (Fsp3) is 0.611. The number of fused-ring (bicyclic) bond motifs is 1. The number of ether oxygens (including phenoxy) is 1. The SMILES string of the molecule is CCCC(=O)OP(=O)(O)OC(=O)CCC.Nc1ncnc2c1ncn2[C@@H]1O[C@H](CO)[C@@H](O)[C@H]1O.[Ca+2].[H-].[H-]. The van der Waals surface area contributed by atoms with Crippen molar-refractivity contribution in [2.45, 2.75) is 64.1 Å². The van der Waals surface area contributed by atoms with Crippen LogP contribution in [0, 0.1) is 0 Å². The topological polar surface area (TPSA) is 229 Å². The van der Waals surface area contributed by atoms with E-state index in [1.54, 1.807) is 13.8 Å². The fourth-order valence-corrected chi connectivity index (χ4v) is 3.68. The van der Waals surface area contributed by atoms with Crippen LogP contribution in [0.4, 0.5) is 5.82 Å². The Bertz CT molecular complexity index is 1030. The number of imidazole rings is 1. The second kappa shape index (κ2) is 14.4. The van der Waals surface area contributed by atoms with Crippen LogP contribution in [0.25, 0.3) is 11.2 Å². The molecule has 1 saturated heterocycles. The number of phosphoric ester groups is 1. The van der Waals surface area contributed by atoms with Gasteiger partial charge in [0.05, 0.1) is 12.9 Å². The summed E-state index contributed by atoms with van der Waals surface area (Å²) < 4.78 is 26.2. The molecule has 1 fully saturated rings. The van der Waals surface area contributed by atoms with Crippen molar-refractivity contribution in [3.05, 3.63) is 12.7 Å². The van der Waals surface area contributed by atoms with Crippen molar-refractivity contribution in [2.24, 2.45) is 0 Å². The summed E-state index contributed by atoms with van der Waals surface area (Å²) in [6.07, 6.45) is -0.428. The molecule has 0 saturated carbocycles. The normalized spacial score (nSPS) is 21.5. The van der Waals surface area contributed by atoms with Crippen LogP contribution < -0.4 is 5.73 Å². The second-order valence-corrected chi connectivity index (χ2v) is 8.51. The number of aliphatic hydroxyl groups is 3. The molecule has 1 aliphatic rings. The van der Waals surface area contributed by atoms with Gasteiger partial charge in [0.25, 0.3) is 0 Å². The number of rotatable bonds is 8. The Morgan fingerprint density at radius 2 is 1.71 bits per heavy atom. The van der Waals surface area contributed by atoms with Crippen LogP contribution in [0.1, 0.15) is 48.6 Å². The van der Waals surface area contributed by atoms with Gasteiger partial charge in [-0.25, -0.2) is 19.5 Å². The van der Waals surface area contributed by atoms with Crippen LogP contribution in [-0.2, 0) is 27.9 Å². The molecule has 3 rings (SSSR count). The molecule has 3 heterocycles. The number of nitrogens with two attached hydrogens (primary N) is 1. The number of aromatic nitrogens is 4. The van der Waals surface area contributed by atoms with E-state index in [4.69, 9.17) is 20.5 Å². The number of phosphoric acid groups is 1. The van der Waals surface area contributed by atoms with E-state index in [1.165, 1.54) is 17.2 Å². The summed E-state index contributed by atoms with van der Waals surface area (Å²) in [6, 6.07) is 0. The number of carbonyl (C=O) groups is 2. The first-order chi connectivity index (χ1) is 16.0. The maximum atomic E-state index is 11.1. The summed E-state index contributed by atoms with van der Waals surface area (Å²) >= 11 is 0. The molecule has 194 valence electrons. The number of aliphatic hydroxyl groups excluding tert-OH is 3. The Kier molecular flexibility index (Phi) is 13.0. The molecule has 0 spiro atoms. The molecule has 0 bridgehead atoms. The standard InChI is InChI=1S/C10H13N5O4.C8H15O6P.Ca.2H/c11-8-5-9(13-2-12-8)15(3-14-5)10-7(18)6(17)4(1-16)19-10;1-3-5-7(9)13-15(11,12)14-8(10)6-4-2;;;/h2-4,6-7,10,16-18H,1H2,(H2,11,12,13);3-6H2,1-2H3,(H,11,12);;;/q;;+2;2*-1/t4-,6-,7-,10-;;;;/m1..../s1. The van der Waals surface area contributed by atoms with Crippen LogP contribution >= 0.6 is 7.82 Å². The Labute approximate surface area is 233 Å². The third-order valence-electron chi connectivity index (χ3n) is 4.52. The van der Waals surface area contributed by atoms with Gasteiger partial charge >= 0.3 is 57.5 Å². The van der Waals surface area contributed by atoms with Gasteiger partial charge in [-0.05, 0) is 12.8 Å². The average Bonchev–Trinajstić information content (AvgIpc) is 3.30. The largest absolute Gasteiger partial charge is 2.00 e. The zero-order valence-corrected chi connectivity index (χ0v) is 22.4. The monoisotopic (exact) mass is 547 g/mol. The minimum Gasteiger partial charge on any atom is -1.00 e. The van der Waals surface area contributed by atoms with Gasteiger partial charge in [-0.3, -0.25) is 19.0 Å². The summed E-state index contributed by atoms with van der Waals surface area (Å²) in [6.45, 7) is 3.04. The Balaban J connectivity index is 0. The number of hydrogen-bond acceptors (Lipinski definition) is 13. The molecule has 0 aromatic carbocycles. The maximum absolute atomic E-state index is 11.1.